The van der Waals surface area contributed by atoms with E-state index in [-0.39, 0.29) is 12.1 Å². The van der Waals surface area contributed by atoms with Crippen molar-refractivity contribution in [3.8, 4) is 5.75 Å². The van der Waals surface area contributed by atoms with E-state index in [9.17, 15) is 0 Å². The zero-order valence-corrected chi connectivity index (χ0v) is 11.9. The number of hydrogen-bond donors (Lipinski definition) is 1. The van der Waals surface area contributed by atoms with Crippen molar-refractivity contribution < 1.29 is 4.74 Å². The average molecular weight is 267 g/mol. The number of ether oxygens (including phenoxy) is 1. The third-order valence-electron chi connectivity index (χ3n) is 3.99. The zero-order valence-electron chi connectivity index (χ0n) is 11.9. The number of benzene rings is 2. The minimum absolute atomic E-state index is 0.00923. The first-order chi connectivity index (χ1) is 9.75. The van der Waals surface area contributed by atoms with Crippen molar-refractivity contribution in [1.82, 2.24) is 0 Å². The highest BCUT2D eigenvalue weighted by atomic mass is 16.5. The second-order valence-electron chi connectivity index (χ2n) is 5.52. The van der Waals surface area contributed by atoms with Gasteiger partial charge in [-0.15, -0.1) is 0 Å². The number of rotatable bonds is 3. The van der Waals surface area contributed by atoms with Crippen molar-refractivity contribution in [3.63, 3.8) is 0 Å². The standard InChI is InChI=1S/C18H21NO/c1-13(19)15-9-4-5-11-17(15)20-18-12-6-8-14-7-2-3-10-16(14)18/h2-5,7,9-11,13,18H,6,8,12,19H2,1H3. The van der Waals surface area contributed by atoms with Gasteiger partial charge in [-0.3, -0.25) is 0 Å². The molecule has 1 aliphatic carbocycles. The maximum atomic E-state index is 6.29. The van der Waals surface area contributed by atoms with Crippen LogP contribution in [-0.2, 0) is 6.42 Å². The lowest BCUT2D eigenvalue weighted by atomic mass is 9.89. The molecule has 20 heavy (non-hydrogen) atoms. The molecule has 104 valence electrons. The normalized spacial score (nSPS) is 19.2. The van der Waals surface area contributed by atoms with Gasteiger partial charge in [-0.25, -0.2) is 0 Å². The molecule has 0 radical (unpaired) electrons. The monoisotopic (exact) mass is 267 g/mol. The molecular weight excluding hydrogens is 246 g/mol. The lowest BCUT2D eigenvalue weighted by Crippen LogP contribution is -2.17. The Hall–Kier alpha value is -1.80. The van der Waals surface area contributed by atoms with E-state index in [1.54, 1.807) is 0 Å². The molecule has 2 N–H and O–H groups in total. The van der Waals surface area contributed by atoms with Crippen molar-refractivity contribution in [3.05, 3.63) is 65.2 Å². The van der Waals surface area contributed by atoms with Crippen LogP contribution >= 0.6 is 0 Å². The molecule has 2 aromatic carbocycles. The van der Waals surface area contributed by atoms with Crippen LogP contribution in [0.1, 0.15) is 48.6 Å². The van der Waals surface area contributed by atoms with Crippen molar-refractivity contribution in [1.29, 1.82) is 0 Å². The molecule has 2 aromatic rings. The van der Waals surface area contributed by atoms with Gasteiger partial charge in [-0.2, -0.15) is 0 Å². The molecule has 2 atom stereocenters. The minimum atomic E-state index is -0.00923. The quantitative estimate of drug-likeness (QED) is 0.906. The zero-order chi connectivity index (χ0) is 13.9. The van der Waals surface area contributed by atoms with Gasteiger partial charge in [-0.05, 0) is 43.4 Å². The first kappa shape index (κ1) is 13.2. The summed E-state index contributed by atoms with van der Waals surface area (Å²) < 4.78 is 6.29. The highest BCUT2D eigenvalue weighted by Gasteiger charge is 2.22. The van der Waals surface area contributed by atoms with E-state index in [2.05, 4.69) is 30.3 Å². The van der Waals surface area contributed by atoms with Crippen LogP contribution in [-0.4, -0.2) is 0 Å². The SMILES string of the molecule is CC(N)c1ccccc1OC1CCCc2ccccc21. The third kappa shape index (κ3) is 2.56. The molecule has 0 saturated heterocycles. The molecule has 0 heterocycles. The van der Waals surface area contributed by atoms with Crippen molar-refractivity contribution in [2.75, 3.05) is 0 Å². The molecule has 0 amide bonds. The topological polar surface area (TPSA) is 35.2 Å². The minimum Gasteiger partial charge on any atom is -0.485 e. The van der Waals surface area contributed by atoms with E-state index in [0.717, 1.165) is 24.2 Å². The predicted molar refractivity (Wildman–Crippen MR) is 81.8 cm³/mol. The Morgan fingerprint density at radius 2 is 1.85 bits per heavy atom. The second-order valence-corrected chi connectivity index (χ2v) is 5.52. The summed E-state index contributed by atoms with van der Waals surface area (Å²) >= 11 is 0. The van der Waals surface area contributed by atoms with Crippen LogP contribution in [0.4, 0.5) is 0 Å². The molecule has 0 spiro atoms. The molecule has 0 bridgehead atoms. The van der Waals surface area contributed by atoms with Crippen LogP contribution in [0.2, 0.25) is 0 Å². The van der Waals surface area contributed by atoms with Gasteiger partial charge in [0.1, 0.15) is 11.9 Å². The summed E-state index contributed by atoms with van der Waals surface area (Å²) in [5.41, 5.74) is 9.86. The van der Waals surface area contributed by atoms with Crippen LogP contribution in [0.15, 0.2) is 48.5 Å². The first-order valence-corrected chi connectivity index (χ1v) is 7.34. The summed E-state index contributed by atoms with van der Waals surface area (Å²) in [6.45, 7) is 2.00. The summed E-state index contributed by atoms with van der Waals surface area (Å²) in [5.74, 6) is 0.921. The van der Waals surface area contributed by atoms with Crippen LogP contribution in [0.25, 0.3) is 0 Å². The molecule has 2 heteroatoms. The summed E-state index contributed by atoms with van der Waals surface area (Å²) in [6.07, 6.45) is 3.57. The number of nitrogens with two attached hydrogens (primary N) is 1. The molecule has 2 unspecified atom stereocenters. The second kappa shape index (κ2) is 5.68. The fourth-order valence-electron chi connectivity index (χ4n) is 2.95. The Bertz CT molecular complexity index is 591. The van der Waals surface area contributed by atoms with Gasteiger partial charge in [0, 0.05) is 11.6 Å². The summed E-state index contributed by atoms with van der Waals surface area (Å²) in [7, 11) is 0. The van der Waals surface area contributed by atoms with Gasteiger partial charge < -0.3 is 10.5 Å². The van der Waals surface area contributed by atoms with Crippen LogP contribution in [0.5, 0.6) is 5.75 Å². The summed E-state index contributed by atoms with van der Waals surface area (Å²) in [4.78, 5) is 0. The summed E-state index contributed by atoms with van der Waals surface area (Å²) in [5, 5.41) is 0. The Morgan fingerprint density at radius 3 is 2.70 bits per heavy atom. The van der Waals surface area contributed by atoms with Crippen molar-refractivity contribution >= 4 is 0 Å². The highest BCUT2D eigenvalue weighted by molar-refractivity contribution is 5.38. The molecule has 0 fully saturated rings. The van der Waals surface area contributed by atoms with Gasteiger partial charge in [0.2, 0.25) is 0 Å². The van der Waals surface area contributed by atoms with Crippen molar-refractivity contribution in [2.45, 2.75) is 38.3 Å². The third-order valence-corrected chi connectivity index (χ3v) is 3.99. The van der Waals surface area contributed by atoms with Gasteiger partial charge in [0.05, 0.1) is 0 Å². The largest absolute Gasteiger partial charge is 0.485 e. The van der Waals surface area contributed by atoms with Crippen LogP contribution in [0.3, 0.4) is 0 Å². The number of fused-ring (bicyclic) bond motifs is 1. The fraction of sp³-hybridized carbons (Fsp3) is 0.333. The lowest BCUT2D eigenvalue weighted by molar-refractivity contribution is 0.181. The molecular formula is C18H21NO. The summed E-state index contributed by atoms with van der Waals surface area (Å²) in [6, 6.07) is 16.7. The molecule has 2 nitrogen and oxygen atoms in total. The van der Waals surface area contributed by atoms with Gasteiger partial charge in [-0.1, -0.05) is 42.5 Å². The van der Waals surface area contributed by atoms with E-state index in [0.29, 0.717) is 0 Å². The Kier molecular flexibility index (Phi) is 3.75. The predicted octanol–water partition coefficient (Wildman–Crippen LogP) is 4.16. The van der Waals surface area contributed by atoms with E-state index in [4.69, 9.17) is 10.5 Å². The smallest absolute Gasteiger partial charge is 0.124 e. The number of aryl methyl sites for hydroxylation is 1. The Balaban J connectivity index is 1.90. The van der Waals surface area contributed by atoms with E-state index in [1.165, 1.54) is 17.5 Å². The maximum Gasteiger partial charge on any atom is 0.124 e. The van der Waals surface area contributed by atoms with Gasteiger partial charge >= 0.3 is 0 Å². The van der Waals surface area contributed by atoms with E-state index < -0.39 is 0 Å². The number of hydrogen-bond acceptors (Lipinski definition) is 2. The number of para-hydroxylation sites is 1. The van der Waals surface area contributed by atoms with Gasteiger partial charge in [0.25, 0.3) is 0 Å². The average Bonchev–Trinajstić information content (AvgIpc) is 2.48. The Morgan fingerprint density at radius 1 is 1.10 bits per heavy atom. The fourth-order valence-corrected chi connectivity index (χ4v) is 2.95. The van der Waals surface area contributed by atoms with E-state index >= 15 is 0 Å². The van der Waals surface area contributed by atoms with Crippen LogP contribution < -0.4 is 10.5 Å². The molecule has 1 aliphatic rings. The molecule has 0 aliphatic heterocycles. The molecule has 0 saturated carbocycles. The van der Waals surface area contributed by atoms with Crippen molar-refractivity contribution in [2.24, 2.45) is 5.73 Å². The van der Waals surface area contributed by atoms with E-state index in [1.807, 2.05) is 25.1 Å². The maximum absolute atomic E-state index is 6.29. The van der Waals surface area contributed by atoms with Crippen LogP contribution in [0, 0.1) is 0 Å². The highest BCUT2D eigenvalue weighted by Crippen LogP contribution is 2.35. The van der Waals surface area contributed by atoms with Gasteiger partial charge in [0.15, 0.2) is 0 Å². The molecule has 3 rings (SSSR count). The Labute approximate surface area is 120 Å². The molecule has 0 aromatic heterocycles. The lowest BCUT2D eigenvalue weighted by Gasteiger charge is -2.27. The first-order valence-electron chi connectivity index (χ1n) is 7.34.